The van der Waals surface area contributed by atoms with Crippen LogP contribution < -0.4 is 5.32 Å². The topological polar surface area (TPSA) is 105 Å². The van der Waals surface area contributed by atoms with Crippen LogP contribution in [0.3, 0.4) is 0 Å². The highest BCUT2D eigenvalue weighted by molar-refractivity contribution is 5.80. The average molecular weight is 207 g/mol. The molecule has 0 aromatic rings. The molecule has 2 atom stereocenters. The molecule has 1 amide bonds. The van der Waals surface area contributed by atoms with Gasteiger partial charge in [-0.15, -0.1) is 0 Å². The van der Waals surface area contributed by atoms with Crippen LogP contribution in [0.25, 0.3) is 0 Å². The molecule has 0 spiro atoms. The standard InChI is InChI=1S/C7H13NO6/c1-13-4(3-9)5(6(10)11)8-7(12)14-2/h4-5,9H,3H2,1-2H3,(H,8,12)(H,10,11)/t4-,5?/m1/s1. The van der Waals surface area contributed by atoms with Gasteiger partial charge in [0.15, 0.2) is 6.04 Å². The molecule has 0 bridgehead atoms. The second-order valence-electron chi connectivity index (χ2n) is 2.41. The second kappa shape index (κ2) is 6.17. The minimum absolute atomic E-state index is 0.516. The SMILES string of the molecule is COC(=O)NC(C(=O)O)[C@@H](CO)OC. The van der Waals surface area contributed by atoms with Crippen LogP contribution in [0.4, 0.5) is 4.79 Å². The largest absolute Gasteiger partial charge is 0.480 e. The van der Waals surface area contributed by atoms with Crippen molar-refractivity contribution in [3.63, 3.8) is 0 Å². The van der Waals surface area contributed by atoms with Crippen LogP contribution in [0.2, 0.25) is 0 Å². The fourth-order valence-corrected chi connectivity index (χ4v) is 0.816. The maximum atomic E-state index is 10.7. The number of hydrogen-bond acceptors (Lipinski definition) is 5. The summed E-state index contributed by atoms with van der Waals surface area (Å²) < 4.78 is 8.89. The van der Waals surface area contributed by atoms with Gasteiger partial charge < -0.3 is 25.0 Å². The highest BCUT2D eigenvalue weighted by Crippen LogP contribution is 1.98. The molecule has 0 aliphatic heterocycles. The fourth-order valence-electron chi connectivity index (χ4n) is 0.816. The van der Waals surface area contributed by atoms with Gasteiger partial charge in [-0.05, 0) is 0 Å². The molecule has 82 valence electrons. The zero-order chi connectivity index (χ0) is 11.1. The van der Waals surface area contributed by atoms with E-state index in [0.29, 0.717) is 0 Å². The highest BCUT2D eigenvalue weighted by atomic mass is 16.5. The molecular weight excluding hydrogens is 194 g/mol. The van der Waals surface area contributed by atoms with Gasteiger partial charge >= 0.3 is 12.1 Å². The number of methoxy groups -OCH3 is 2. The summed E-state index contributed by atoms with van der Waals surface area (Å²) in [6, 6.07) is -1.34. The Balaban J connectivity index is 4.42. The van der Waals surface area contributed by atoms with E-state index in [1.165, 1.54) is 7.11 Å². The summed E-state index contributed by atoms with van der Waals surface area (Å²) in [6.07, 6.45) is -1.90. The van der Waals surface area contributed by atoms with E-state index in [0.717, 1.165) is 7.11 Å². The van der Waals surface area contributed by atoms with Crippen molar-refractivity contribution in [1.29, 1.82) is 0 Å². The first-order valence-electron chi connectivity index (χ1n) is 3.77. The number of carbonyl (C=O) groups excluding carboxylic acids is 1. The van der Waals surface area contributed by atoms with Crippen molar-refractivity contribution in [3.8, 4) is 0 Å². The lowest BCUT2D eigenvalue weighted by atomic mass is 10.2. The van der Waals surface area contributed by atoms with Crippen molar-refractivity contribution >= 4 is 12.1 Å². The number of carboxylic acid groups (broad SMARTS) is 1. The molecule has 14 heavy (non-hydrogen) atoms. The molecule has 0 saturated heterocycles. The van der Waals surface area contributed by atoms with Crippen molar-refractivity contribution < 1.29 is 29.3 Å². The Hall–Kier alpha value is -1.34. The molecule has 0 saturated carbocycles. The van der Waals surface area contributed by atoms with E-state index >= 15 is 0 Å². The van der Waals surface area contributed by atoms with Crippen LogP contribution >= 0.6 is 0 Å². The van der Waals surface area contributed by atoms with E-state index in [2.05, 4.69) is 9.47 Å². The number of alkyl carbamates (subject to hydrolysis) is 1. The average Bonchev–Trinajstić information content (AvgIpc) is 2.17. The van der Waals surface area contributed by atoms with Gasteiger partial charge in [0.25, 0.3) is 0 Å². The highest BCUT2D eigenvalue weighted by Gasteiger charge is 2.29. The number of aliphatic hydroxyl groups excluding tert-OH is 1. The number of nitrogens with one attached hydrogen (secondary N) is 1. The third kappa shape index (κ3) is 3.58. The Morgan fingerprint density at radius 3 is 2.29 bits per heavy atom. The molecule has 0 fully saturated rings. The molecule has 0 radical (unpaired) electrons. The summed E-state index contributed by atoms with van der Waals surface area (Å²) in [6.45, 7) is -0.516. The molecule has 1 unspecified atom stereocenters. The van der Waals surface area contributed by atoms with Crippen LogP contribution in [0, 0.1) is 0 Å². The Morgan fingerprint density at radius 2 is 2.00 bits per heavy atom. The van der Waals surface area contributed by atoms with Crippen molar-refractivity contribution in [2.24, 2.45) is 0 Å². The maximum absolute atomic E-state index is 10.7. The first-order valence-corrected chi connectivity index (χ1v) is 3.77. The number of rotatable bonds is 5. The quantitative estimate of drug-likeness (QED) is 0.523. The lowest BCUT2D eigenvalue weighted by molar-refractivity contribution is -0.144. The third-order valence-electron chi connectivity index (χ3n) is 1.58. The van der Waals surface area contributed by atoms with Crippen molar-refractivity contribution in [3.05, 3.63) is 0 Å². The van der Waals surface area contributed by atoms with E-state index < -0.39 is 30.8 Å². The number of hydrogen-bond donors (Lipinski definition) is 3. The molecular formula is C7H13NO6. The normalized spacial score (nSPS) is 14.2. The number of aliphatic carboxylic acids is 1. The number of carboxylic acids is 1. The maximum Gasteiger partial charge on any atom is 0.407 e. The summed E-state index contributed by atoms with van der Waals surface area (Å²) >= 11 is 0. The molecule has 0 aliphatic rings. The minimum atomic E-state index is -1.34. The number of ether oxygens (including phenoxy) is 2. The van der Waals surface area contributed by atoms with Gasteiger partial charge in [0.05, 0.1) is 13.7 Å². The minimum Gasteiger partial charge on any atom is -0.480 e. The van der Waals surface area contributed by atoms with E-state index in [4.69, 9.17) is 10.2 Å². The zero-order valence-electron chi connectivity index (χ0n) is 7.89. The number of carbonyl (C=O) groups is 2. The summed E-state index contributed by atoms with van der Waals surface area (Å²) in [4.78, 5) is 21.4. The van der Waals surface area contributed by atoms with Crippen LogP contribution in [0.15, 0.2) is 0 Å². The van der Waals surface area contributed by atoms with Gasteiger partial charge in [-0.1, -0.05) is 0 Å². The summed E-state index contributed by atoms with van der Waals surface area (Å²) in [5.41, 5.74) is 0. The Kier molecular flexibility index (Phi) is 5.58. The summed E-state index contributed by atoms with van der Waals surface area (Å²) in [5.74, 6) is -1.31. The lowest BCUT2D eigenvalue weighted by Gasteiger charge is -2.20. The number of aliphatic hydroxyl groups is 1. The molecule has 0 aliphatic carbocycles. The van der Waals surface area contributed by atoms with Gasteiger partial charge in [0.1, 0.15) is 6.10 Å². The van der Waals surface area contributed by atoms with Gasteiger partial charge in [0, 0.05) is 7.11 Å². The third-order valence-corrected chi connectivity index (χ3v) is 1.58. The van der Waals surface area contributed by atoms with Crippen LogP contribution in [-0.4, -0.2) is 55.2 Å². The smallest absolute Gasteiger partial charge is 0.407 e. The fraction of sp³-hybridized carbons (Fsp3) is 0.714. The van der Waals surface area contributed by atoms with Gasteiger partial charge in [0.2, 0.25) is 0 Å². The molecule has 7 nitrogen and oxygen atoms in total. The summed E-state index contributed by atoms with van der Waals surface area (Å²) in [7, 11) is 2.34. The molecule has 0 heterocycles. The van der Waals surface area contributed by atoms with Crippen molar-refractivity contribution in [2.45, 2.75) is 12.1 Å². The lowest BCUT2D eigenvalue weighted by Crippen LogP contribution is -2.50. The first-order chi connectivity index (χ1) is 6.56. The molecule has 3 N–H and O–H groups in total. The van der Waals surface area contributed by atoms with Crippen LogP contribution in [0.1, 0.15) is 0 Å². The van der Waals surface area contributed by atoms with Gasteiger partial charge in [-0.3, -0.25) is 0 Å². The Morgan fingerprint density at radius 1 is 1.43 bits per heavy atom. The van der Waals surface area contributed by atoms with E-state index in [9.17, 15) is 9.59 Å². The van der Waals surface area contributed by atoms with Gasteiger partial charge in [-0.2, -0.15) is 0 Å². The number of amides is 1. The predicted molar refractivity (Wildman–Crippen MR) is 44.8 cm³/mol. The molecule has 0 aromatic carbocycles. The first kappa shape index (κ1) is 12.7. The van der Waals surface area contributed by atoms with Crippen LogP contribution in [0.5, 0.6) is 0 Å². The van der Waals surface area contributed by atoms with Gasteiger partial charge in [-0.25, -0.2) is 9.59 Å². The monoisotopic (exact) mass is 207 g/mol. The molecule has 7 heteroatoms. The van der Waals surface area contributed by atoms with E-state index in [1.54, 1.807) is 0 Å². The Bertz CT molecular complexity index is 202. The second-order valence-corrected chi connectivity index (χ2v) is 2.41. The van der Waals surface area contributed by atoms with Crippen molar-refractivity contribution in [2.75, 3.05) is 20.8 Å². The van der Waals surface area contributed by atoms with E-state index in [1.807, 2.05) is 5.32 Å². The van der Waals surface area contributed by atoms with E-state index in [-0.39, 0.29) is 0 Å². The Labute approximate surface area is 80.6 Å². The predicted octanol–water partition coefficient (Wildman–Crippen LogP) is -1.20. The summed E-state index contributed by atoms with van der Waals surface area (Å²) in [5, 5.41) is 19.5. The zero-order valence-corrected chi connectivity index (χ0v) is 7.89. The van der Waals surface area contributed by atoms with Crippen LogP contribution in [-0.2, 0) is 14.3 Å². The molecule has 0 aromatic heterocycles. The molecule has 0 rings (SSSR count). The van der Waals surface area contributed by atoms with Crippen molar-refractivity contribution in [1.82, 2.24) is 5.32 Å².